The van der Waals surface area contributed by atoms with Gasteiger partial charge in [0.2, 0.25) is 0 Å². The Morgan fingerprint density at radius 1 is 1.26 bits per heavy atom. The molecular weight excluding hydrogens is 242 g/mol. The summed E-state index contributed by atoms with van der Waals surface area (Å²) in [7, 11) is 0. The molecule has 1 aliphatic rings. The minimum Gasteiger partial charge on any atom is -0.378 e. The second-order valence-electron chi connectivity index (χ2n) is 4.87. The molecule has 1 aliphatic heterocycles. The van der Waals surface area contributed by atoms with Gasteiger partial charge in [0.05, 0.1) is 24.6 Å². The SMILES string of the molecule is CC(C)NC(=O)Nc1ccccc1N1CCOCC1. The molecule has 1 aromatic rings. The van der Waals surface area contributed by atoms with Gasteiger partial charge in [0.25, 0.3) is 0 Å². The summed E-state index contributed by atoms with van der Waals surface area (Å²) >= 11 is 0. The maximum atomic E-state index is 11.8. The van der Waals surface area contributed by atoms with Gasteiger partial charge >= 0.3 is 6.03 Å². The second-order valence-corrected chi connectivity index (χ2v) is 4.87. The van der Waals surface area contributed by atoms with Crippen LogP contribution in [-0.4, -0.2) is 38.4 Å². The number of rotatable bonds is 3. The summed E-state index contributed by atoms with van der Waals surface area (Å²) in [6.45, 7) is 7.04. The second kappa shape index (κ2) is 6.43. The van der Waals surface area contributed by atoms with Gasteiger partial charge in [-0.2, -0.15) is 0 Å². The van der Waals surface area contributed by atoms with Gasteiger partial charge in [-0.15, -0.1) is 0 Å². The molecule has 1 heterocycles. The fourth-order valence-electron chi connectivity index (χ4n) is 2.08. The van der Waals surface area contributed by atoms with E-state index in [1.807, 2.05) is 38.1 Å². The third-order valence-electron chi connectivity index (χ3n) is 2.92. The van der Waals surface area contributed by atoms with Gasteiger partial charge in [-0.1, -0.05) is 12.1 Å². The van der Waals surface area contributed by atoms with Crippen LogP contribution >= 0.6 is 0 Å². The molecule has 2 rings (SSSR count). The average molecular weight is 263 g/mol. The Bertz CT molecular complexity index is 428. The number of nitrogens with one attached hydrogen (secondary N) is 2. The summed E-state index contributed by atoms with van der Waals surface area (Å²) in [5.74, 6) is 0. The molecule has 2 amide bonds. The maximum absolute atomic E-state index is 11.8. The first-order chi connectivity index (χ1) is 9.16. The van der Waals surface area contributed by atoms with Crippen LogP contribution in [0.2, 0.25) is 0 Å². The monoisotopic (exact) mass is 263 g/mol. The number of carbonyl (C=O) groups is 1. The van der Waals surface area contributed by atoms with Gasteiger partial charge in [-0.05, 0) is 26.0 Å². The third kappa shape index (κ3) is 3.86. The number of anilines is 2. The van der Waals surface area contributed by atoms with Crippen LogP contribution < -0.4 is 15.5 Å². The molecule has 0 saturated carbocycles. The Morgan fingerprint density at radius 3 is 2.63 bits per heavy atom. The highest BCUT2D eigenvalue weighted by Crippen LogP contribution is 2.26. The van der Waals surface area contributed by atoms with Gasteiger partial charge in [-0.25, -0.2) is 4.79 Å². The Morgan fingerprint density at radius 2 is 1.95 bits per heavy atom. The molecule has 5 heteroatoms. The predicted molar refractivity (Wildman–Crippen MR) is 76.8 cm³/mol. The quantitative estimate of drug-likeness (QED) is 0.877. The number of nitrogens with zero attached hydrogens (tertiary/aromatic N) is 1. The standard InChI is InChI=1S/C14H21N3O2/c1-11(2)15-14(18)16-12-5-3-4-6-13(12)17-7-9-19-10-8-17/h3-6,11H,7-10H2,1-2H3,(H2,15,16,18). The highest BCUT2D eigenvalue weighted by Gasteiger charge is 2.15. The van der Waals surface area contributed by atoms with Crippen molar-refractivity contribution in [3.05, 3.63) is 24.3 Å². The first kappa shape index (κ1) is 13.7. The molecule has 1 saturated heterocycles. The summed E-state index contributed by atoms with van der Waals surface area (Å²) in [5.41, 5.74) is 1.88. The average Bonchev–Trinajstić information content (AvgIpc) is 2.39. The number of morpholine rings is 1. The summed E-state index contributed by atoms with van der Waals surface area (Å²) < 4.78 is 5.35. The van der Waals surface area contributed by atoms with Crippen molar-refractivity contribution in [2.24, 2.45) is 0 Å². The van der Waals surface area contributed by atoms with Crippen LogP contribution in [0.3, 0.4) is 0 Å². The summed E-state index contributed by atoms with van der Waals surface area (Å²) in [6.07, 6.45) is 0. The zero-order chi connectivity index (χ0) is 13.7. The smallest absolute Gasteiger partial charge is 0.319 e. The van der Waals surface area contributed by atoms with Crippen LogP contribution in [0.25, 0.3) is 0 Å². The number of hydrogen-bond acceptors (Lipinski definition) is 3. The van der Waals surface area contributed by atoms with Crippen molar-refractivity contribution in [2.75, 3.05) is 36.5 Å². The minimum absolute atomic E-state index is 0.121. The van der Waals surface area contributed by atoms with Gasteiger partial charge in [0.1, 0.15) is 0 Å². The van der Waals surface area contributed by atoms with Crippen molar-refractivity contribution in [3.8, 4) is 0 Å². The first-order valence-corrected chi connectivity index (χ1v) is 6.66. The maximum Gasteiger partial charge on any atom is 0.319 e. The number of urea groups is 1. The van der Waals surface area contributed by atoms with Crippen molar-refractivity contribution < 1.29 is 9.53 Å². The van der Waals surface area contributed by atoms with E-state index < -0.39 is 0 Å². The highest BCUT2D eigenvalue weighted by atomic mass is 16.5. The summed E-state index contributed by atoms with van der Waals surface area (Å²) in [4.78, 5) is 14.0. The number of benzene rings is 1. The van der Waals surface area contributed by atoms with E-state index >= 15 is 0 Å². The highest BCUT2D eigenvalue weighted by molar-refractivity contribution is 5.93. The normalized spacial score (nSPS) is 15.4. The lowest BCUT2D eigenvalue weighted by atomic mass is 10.2. The van der Waals surface area contributed by atoms with Crippen molar-refractivity contribution in [1.82, 2.24) is 5.32 Å². The Kier molecular flexibility index (Phi) is 4.63. The van der Waals surface area contributed by atoms with E-state index in [0.29, 0.717) is 0 Å². The van der Waals surface area contributed by atoms with E-state index in [-0.39, 0.29) is 12.1 Å². The largest absolute Gasteiger partial charge is 0.378 e. The Balaban J connectivity index is 2.09. The molecule has 5 nitrogen and oxygen atoms in total. The van der Waals surface area contributed by atoms with Crippen molar-refractivity contribution in [2.45, 2.75) is 19.9 Å². The van der Waals surface area contributed by atoms with E-state index in [2.05, 4.69) is 15.5 Å². The Labute approximate surface area is 113 Å². The molecule has 0 spiro atoms. The number of hydrogen-bond donors (Lipinski definition) is 2. The number of carbonyl (C=O) groups excluding carboxylic acids is 1. The van der Waals surface area contributed by atoms with E-state index in [9.17, 15) is 4.79 Å². The van der Waals surface area contributed by atoms with Crippen LogP contribution in [-0.2, 0) is 4.74 Å². The lowest BCUT2D eigenvalue weighted by molar-refractivity contribution is 0.123. The molecule has 0 radical (unpaired) electrons. The van der Waals surface area contributed by atoms with Gasteiger partial charge in [0.15, 0.2) is 0 Å². The van der Waals surface area contributed by atoms with Gasteiger partial charge in [-0.3, -0.25) is 0 Å². The van der Waals surface area contributed by atoms with Gasteiger partial charge < -0.3 is 20.3 Å². The first-order valence-electron chi connectivity index (χ1n) is 6.66. The minimum atomic E-state index is -0.171. The molecule has 19 heavy (non-hydrogen) atoms. The zero-order valence-electron chi connectivity index (χ0n) is 11.5. The van der Waals surface area contributed by atoms with E-state index in [0.717, 1.165) is 37.7 Å². The fraction of sp³-hybridized carbons (Fsp3) is 0.500. The van der Waals surface area contributed by atoms with E-state index in [4.69, 9.17) is 4.74 Å². The molecule has 0 bridgehead atoms. The van der Waals surface area contributed by atoms with Crippen LogP contribution in [0, 0.1) is 0 Å². The number of ether oxygens (including phenoxy) is 1. The topological polar surface area (TPSA) is 53.6 Å². The lowest BCUT2D eigenvalue weighted by Gasteiger charge is -2.30. The summed E-state index contributed by atoms with van der Waals surface area (Å²) in [6, 6.07) is 7.80. The number of amides is 2. The zero-order valence-corrected chi connectivity index (χ0v) is 11.5. The van der Waals surface area contributed by atoms with Crippen LogP contribution in [0.1, 0.15) is 13.8 Å². The third-order valence-corrected chi connectivity index (χ3v) is 2.92. The molecule has 0 aromatic heterocycles. The molecule has 0 atom stereocenters. The molecule has 0 unspecified atom stereocenters. The van der Waals surface area contributed by atoms with Crippen LogP contribution in [0.4, 0.5) is 16.2 Å². The molecule has 1 fully saturated rings. The molecule has 0 aliphatic carbocycles. The Hall–Kier alpha value is -1.75. The van der Waals surface area contributed by atoms with Crippen molar-refractivity contribution >= 4 is 17.4 Å². The predicted octanol–water partition coefficient (Wildman–Crippen LogP) is 2.05. The molecule has 1 aromatic carbocycles. The fourth-order valence-corrected chi connectivity index (χ4v) is 2.08. The van der Waals surface area contributed by atoms with Crippen LogP contribution in [0.5, 0.6) is 0 Å². The number of para-hydroxylation sites is 2. The summed E-state index contributed by atoms with van der Waals surface area (Å²) in [5, 5.41) is 5.73. The molecule has 104 valence electrons. The molecule has 2 N–H and O–H groups in total. The lowest BCUT2D eigenvalue weighted by Crippen LogP contribution is -2.38. The van der Waals surface area contributed by atoms with Gasteiger partial charge in [0, 0.05) is 19.1 Å². The van der Waals surface area contributed by atoms with E-state index in [1.165, 1.54) is 0 Å². The van der Waals surface area contributed by atoms with E-state index in [1.54, 1.807) is 0 Å². The van der Waals surface area contributed by atoms with Crippen molar-refractivity contribution in [3.63, 3.8) is 0 Å². The molecular formula is C14H21N3O2. The van der Waals surface area contributed by atoms with Crippen molar-refractivity contribution in [1.29, 1.82) is 0 Å². The van der Waals surface area contributed by atoms with Crippen LogP contribution in [0.15, 0.2) is 24.3 Å².